The number of carbonyl (C=O) groups excluding carboxylic acids is 2. The zero-order valence-corrected chi connectivity index (χ0v) is 17.8. The predicted molar refractivity (Wildman–Crippen MR) is 114 cm³/mol. The minimum absolute atomic E-state index is 0.0194. The first kappa shape index (κ1) is 23.9. The fourth-order valence-corrected chi connectivity index (χ4v) is 2.60. The second kappa shape index (κ2) is 11.2. The monoisotopic (exact) mass is 446 g/mol. The molecule has 2 amide bonds. The van der Waals surface area contributed by atoms with E-state index in [0.29, 0.717) is 11.5 Å². The average Bonchev–Trinajstić information content (AvgIpc) is 2.81. The van der Waals surface area contributed by atoms with E-state index in [2.05, 4.69) is 15.8 Å². The molecule has 2 aromatic rings. The van der Waals surface area contributed by atoms with Crippen LogP contribution < -0.4 is 29.7 Å². The van der Waals surface area contributed by atoms with Crippen molar-refractivity contribution in [2.24, 2.45) is 5.10 Å². The SMILES string of the molecule is COc1cc(OC)c([N+](=O)[O-])cc1/C=N/NC(=O)CNC(=O)c1ccc(OC)c(OC)c1. The molecule has 0 aliphatic rings. The van der Waals surface area contributed by atoms with Gasteiger partial charge in [-0.25, -0.2) is 5.43 Å². The lowest BCUT2D eigenvalue weighted by Gasteiger charge is -2.10. The second-order valence-electron chi connectivity index (χ2n) is 6.07. The van der Waals surface area contributed by atoms with Crippen LogP contribution in [-0.4, -0.2) is 57.9 Å². The van der Waals surface area contributed by atoms with Gasteiger partial charge in [0.2, 0.25) is 5.75 Å². The third kappa shape index (κ3) is 5.84. The zero-order chi connectivity index (χ0) is 23.7. The van der Waals surface area contributed by atoms with E-state index in [0.717, 1.165) is 0 Å². The van der Waals surface area contributed by atoms with Crippen LogP contribution in [-0.2, 0) is 4.79 Å². The van der Waals surface area contributed by atoms with Gasteiger partial charge in [0.05, 0.1) is 46.1 Å². The molecule has 2 rings (SSSR count). The van der Waals surface area contributed by atoms with Gasteiger partial charge in [0.25, 0.3) is 11.8 Å². The highest BCUT2D eigenvalue weighted by Gasteiger charge is 2.19. The quantitative estimate of drug-likeness (QED) is 0.317. The van der Waals surface area contributed by atoms with Crippen molar-refractivity contribution in [1.29, 1.82) is 0 Å². The van der Waals surface area contributed by atoms with E-state index in [1.165, 1.54) is 58.9 Å². The van der Waals surface area contributed by atoms with Crippen LogP contribution in [0.25, 0.3) is 0 Å². The van der Waals surface area contributed by atoms with E-state index >= 15 is 0 Å². The number of benzene rings is 2. The van der Waals surface area contributed by atoms with Gasteiger partial charge in [-0.2, -0.15) is 5.10 Å². The van der Waals surface area contributed by atoms with Crippen LogP contribution in [0.4, 0.5) is 5.69 Å². The van der Waals surface area contributed by atoms with Crippen molar-refractivity contribution in [3.05, 3.63) is 51.6 Å². The maximum absolute atomic E-state index is 12.2. The van der Waals surface area contributed by atoms with E-state index in [9.17, 15) is 19.7 Å². The predicted octanol–water partition coefficient (Wildman–Crippen LogP) is 1.51. The van der Waals surface area contributed by atoms with Gasteiger partial charge >= 0.3 is 5.69 Å². The minimum Gasteiger partial charge on any atom is -0.496 e. The lowest BCUT2D eigenvalue weighted by molar-refractivity contribution is -0.385. The van der Waals surface area contributed by atoms with Crippen molar-refractivity contribution in [2.75, 3.05) is 35.0 Å². The van der Waals surface area contributed by atoms with E-state index in [1.807, 2.05) is 0 Å². The normalized spacial score (nSPS) is 10.4. The van der Waals surface area contributed by atoms with Gasteiger partial charge < -0.3 is 24.3 Å². The van der Waals surface area contributed by atoms with E-state index in [1.54, 1.807) is 6.07 Å². The van der Waals surface area contributed by atoms with Crippen molar-refractivity contribution in [3.8, 4) is 23.0 Å². The van der Waals surface area contributed by atoms with Crippen LogP contribution in [0, 0.1) is 10.1 Å². The Hall–Kier alpha value is -4.35. The van der Waals surface area contributed by atoms with Crippen molar-refractivity contribution in [2.45, 2.75) is 0 Å². The summed E-state index contributed by atoms with van der Waals surface area (Å²) in [5.74, 6) is -0.00485. The van der Waals surface area contributed by atoms with Crippen LogP contribution in [0.5, 0.6) is 23.0 Å². The average molecular weight is 446 g/mol. The molecule has 12 heteroatoms. The van der Waals surface area contributed by atoms with Crippen LogP contribution in [0.3, 0.4) is 0 Å². The summed E-state index contributed by atoms with van der Waals surface area (Å²) in [5, 5.41) is 17.4. The van der Waals surface area contributed by atoms with E-state index in [4.69, 9.17) is 18.9 Å². The molecule has 2 N–H and O–H groups in total. The number of nitro benzene ring substituents is 1. The Morgan fingerprint density at radius 1 is 0.969 bits per heavy atom. The zero-order valence-electron chi connectivity index (χ0n) is 17.8. The molecule has 0 fully saturated rings. The highest BCUT2D eigenvalue weighted by atomic mass is 16.6. The molecule has 0 spiro atoms. The minimum atomic E-state index is -0.614. The number of ether oxygens (including phenoxy) is 4. The number of nitrogens with zero attached hydrogens (tertiary/aromatic N) is 2. The summed E-state index contributed by atoms with van der Waals surface area (Å²) in [6.07, 6.45) is 1.18. The number of rotatable bonds is 10. The molecule has 0 bridgehead atoms. The van der Waals surface area contributed by atoms with Crippen LogP contribution in [0.2, 0.25) is 0 Å². The van der Waals surface area contributed by atoms with Crippen molar-refractivity contribution < 1.29 is 33.5 Å². The Kier molecular flexibility index (Phi) is 8.34. The Bertz CT molecular complexity index is 1040. The smallest absolute Gasteiger partial charge is 0.311 e. The molecule has 0 radical (unpaired) electrons. The molecule has 0 aliphatic carbocycles. The topological polar surface area (TPSA) is 151 Å². The van der Waals surface area contributed by atoms with Crippen molar-refractivity contribution in [1.82, 2.24) is 10.7 Å². The van der Waals surface area contributed by atoms with Crippen LogP contribution >= 0.6 is 0 Å². The van der Waals surface area contributed by atoms with Gasteiger partial charge in [-0.15, -0.1) is 0 Å². The van der Waals surface area contributed by atoms with E-state index in [-0.39, 0.29) is 34.9 Å². The highest BCUT2D eigenvalue weighted by molar-refractivity contribution is 5.97. The first-order valence-corrected chi connectivity index (χ1v) is 9.07. The highest BCUT2D eigenvalue weighted by Crippen LogP contribution is 2.33. The Morgan fingerprint density at radius 3 is 2.22 bits per heavy atom. The fourth-order valence-electron chi connectivity index (χ4n) is 2.60. The largest absolute Gasteiger partial charge is 0.496 e. The molecule has 0 aromatic heterocycles. The number of hydrazone groups is 1. The lowest BCUT2D eigenvalue weighted by Crippen LogP contribution is -2.34. The standard InChI is InChI=1S/C20H22N4O8/c1-29-15-6-5-12(8-18(15)32-4)20(26)21-11-19(25)23-22-10-13-7-14(24(27)28)17(31-3)9-16(13)30-2/h5-10H,11H2,1-4H3,(H,21,26)(H,23,25)/b22-10+. The Labute approximate surface area is 183 Å². The summed E-state index contributed by atoms with van der Waals surface area (Å²) in [6, 6.07) is 7.11. The second-order valence-corrected chi connectivity index (χ2v) is 6.07. The maximum atomic E-state index is 12.2. The van der Waals surface area contributed by atoms with Crippen molar-refractivity contribution in [3.63, 3.8) is 0 Å². The third-order valence-electron chi connectivity index (χ3n) is 4.18. The van der Waals surface area contributed by atoms with Gasteiger partial charge in [-0.3, -0.25) is 19.7 Å². The molecule has 0 saturated carbocycles. The molecular weight excluding hydrogens is 424 g/mol. The number of amides is 2. The summed E-state index contributed by atoms with van der Waals surface area (Å²) in [7, 11) is 5.59. The first-order valence-electron chi connectivity index (χ1n) is 9.07. The summed E-state index contributed by atoms with van der Waals surface area (Å²) in [4.78, 5) is 34.8. The molecule has 0 atom stereocenters. The summed E-state index contributed by atoms with van der Waals surface area (Å²) in [5.41, 5.74) is 2.45. The van der Waals surface area contributed by atoms with E-state index < -0.39 is 16.7 Å². The van der Waals surface area contributed by atoms with Gasteiger partial charge in [0.15, 0.2) is 11.5 Å². The number of hydrogen-bond donors (Lipinski definition) is 2. The third-order valence-corrected chi connectivity index (χ3v) is 4.18. The van der Waals surface area contributed by atoms with Gasteiger partial charge in [-0.1, -0.05) is 0 Å². The maximum Gasteiger partial charge on any atom is 0.311 e. The number of carbonyl (C=O) groups is 2. The number of nitrogens with one attached hydrogen (secondary N) is 2. The number of methoxy groups -OCH3 is 4. The molecule has 170 valence electrons. The lowest BCUT2D eigenvalue weighted by atomic mass is 10.1. The molecule has 0 saturated heterocycles. The molecular formula is C20H22N4O8. The fraction of sp³-hybridized carbons (Fsp3) is 0.250. The summed E-state index contributed by atoms with van der Waals surface area (Å²) >= 11 is 0. The van der Waals surface area contributed by atoms with Crippen molar-refractivity contribution >= 4 is 23.7 Å². The Balaban J connectivity index is 2.00. The van der Waals surface area contributed by atoms with Gasteiger partial charge in [0.1, 0.15) is 5.75 Å². The number of hydrogen-bond acceptors (Lipinski definition) is 9. The molecule has 32 heavy (non-hydrogen) atoms. The summed E-state index contributed by atoms with van der Waals surface area (Å²) < 4.78 is 20.4. The van der Waals surface area contributed by atoms with Crippen LogP contribution in [0.1, 0.15) is 15.9 Å². The molecule has 0 aliphatic heterocycles. The molecule has 0 heterocycles. The first-order chi connectivity index (χ1) is 15.3. The molecule has 2 aromatic carbocycles. The molecule has 0 unspecified atom stereocenters. The Morgan fingerprint density at radius 2 is 1.62 bits per heavy atom. The van der Waals surface area contributed by atoms with Gasteiger partial charge in [0, 0.05) is 23.3 Å². The molecule has 12 nitrogen and oxygen atoms in total. The summed E-state index contributed by atoms with van der Waals surface area (Å²) in [6.45, 7) is -0.357. The van der Waals surface area contributed by atoms with Crippen LogP contribution in [0.15, 0.2) is 35.4 Å². The van der Waals surface area contributed by atoms with Gasteiger partial charge in [-0.05, 0) is 18.2 Å². The number of nitro groups is 1.